The number of azo groups is 1. The van der Waals surface area contributed by atoms with Crippen molar-refractivity contribution in [2.75, 3.05) is 12.4 Å². The first kappa shape index (κ1) is 29.9. The standard InChI is InChI=1S/C25H19Cl2N3O6S.Na/c1-13-17(26)10-11-20(37(33,34)35)21(13)29-30-22-15-7-4-3-6-14(15)12-16(23(22)31)25(32)28-19-9-5-8-18(27)24(19)36-2;/h3-12,31H,1-2H3,(H,28,32)(H,33,34,35);/q;+1/p-1. The summed E-state index contributed by atoms with van der Waals surface area (Å²) in [6.45, 7) is 1.49. The van der Waals surface area contributed by atoms with Crippen LogP contribution in [0, 0.1) is 6.92 Å². The van der Waals surface area contributed by atoms with Gasteiger partial charge in [-0.3, -0.25) is 9.35 Å². The van der Waals surface area contributed by atoms with E-state index in [4.69, 9.17) is 27.9 Å². The largest absolute Gasteiger partial charge is 1.00 e. The van der Waals surface area contributed by atoms with Crippen LogP contribution >= 0.6 is 23.2 Å². The molecule has 0 aliphatic heterocycles. The van der Waals surface area contributed by atoms with Gasteiger partial charge in [-0.05, 0) is 48.2 Å². The van der Waals surface area contributed by atoms with E-state index in [0.29, 0.717) is 10.8 Å². The van der Waals surface area contributed by atoms with Gasteiger partial charge in [-0.15, -0.1) is 5.11 Å². The second-order valence-corrected chi connectivity index (χ2v) is 10.00. The zero-order chi connectivity index (χ0) is 26.9. The zero-order valence-corrected chi connectivity index (χ0v) is 24.6. The first-order valence-corrected chi connectivity index (χ1v) is 12.8. The van der Waals surface area contributed by atoms with E-state index < -0.39 is 26.7 Å². The average molecular weight is 582 g/mol. The fourth-order valence-electron chi connectivity index (χ4n) is 3.66. The molecule has 0 atom stereocenters. The number of hydrogen-bond donors (Lipinski definition) is 2. The van der Waals surface area contributed by atoms with Crippen LogP contribution < -0.4 is 44.7 Å². The first-order valence-electron chi connectivity index (χ1n) is 10.6. The van der Waals surface area contributed by atoms with Crippen LogP contribution in [-0.2, 0) is 10.1 Å². The average Bonchev–Trinajstić information content (AvgIpc) is 2.84. The van der Waals surface area contributed by atoms with E-state index in [1.54, 1.807) is 42.5 Å². The number of para-hydroxylation sites is 1. The van der Waals surface area contributed by atoms with Gasteiger partial charge in [0.1, 0.15) is 10.6 Å². The minimum absolute atomic E-state index is 0. The van der Waals surface area contributed by atoms with E-state index in [-0.39, 0.29) is 73.5 Å². The molecule has 190 valence electrons. The molecule has 0 saturated heterocycles. The van der Waals surface area contributed by atoms with Crippen molar-refractivity contribution in [2.24, 2.45) is 10.2 Å². The Bertz CT molecular complexity index is 1700. The molecule has 0 aromatic heterocycles. The minimum Gasteiger partial charge on any atom is -0.870 e. The van der Waals surface area contributed by atoms with E-state index >= 15 is 0 Å². The molecular formula is C25H18Cl2N3NaO6S. The van der Waals surface area contributed by atoms with Gasteiger partial charge in [0.2, 0.25) is 0 Å². The van der Waals surface area contributed by atoms with Gasteiger partial charge in [-0.2, -0.15) is 13.5 Å². The van der Waals surface area contributed by atoms with Gasteiger partial charge in [-0.25, -0.2) is 0 Å². The summed E-state index contributed by atoms with van der Waals surface area (Å²) in [4.78, 5) is 12.6. The Hall–Kier alpha value is -2.70. The number of halogens is 2. The van der Waals surface area contributed by atoms with Crippen molar-refractivity contribution in [3.63, 3.8) is 0 Å². The maximum absolute atomic E-state index is 13.4. The van der Waals surface area contributed by atoms with Crippen molar-refractivity contribution >= 4 is 67.1 Å². The molecular weight excluding hydrogens is 564 g/mol. The number of carbonyl (C=O) groups excluding carboxylic acids is 1. The molecule has 0 saturated carbocycles. The van der Waals surface area contributed by atoms with Crippen LogP contribution in [0.15, 0.2) is 75.8 Å². The number of fused-ring (bicyclic) bond motifs is 1. The Morgan fingerprint density at radius 3 is 2.37 bits per heavy atom. The van der Waals surface area contributed by atoms with Crippen molar-refractivity contribution in [2.45, 2.75) is 11.8 Å². The number of nitrogens with zero attached hydrogens (tertiary/aromatic N) is 2. The van der Waals surface area contributed by atoms with Gasteiger partial charge in [-0.1, -0.05) is 59.3 Å². The van der Waals surface area contributed by atoms with E-state index in [1.165, 1.54) is 26.2 Å². The topological polar surface area (TPSA) is 140 Å². The maximum atomic E-state index is 13.4. The first-order chi connectivity index (χ1) is 17.5. The van der Waals surface area contributed by atoms with Crippen molar-refractivity contribution in [3.05, 3.63) is 81.8 Å². The van der Waals surface area contributed by atoms with Gasteiger partial charge in [0.25, 0.3) is 16.0 Å². The normalized spacial score (nSPS) is 11.4. The van der Waals surface area contributed by atoms with Gasteiger partial charge in [0.15, 0.2) is 5.75 Å². The van der Waals surface area contributed by atoms with E-state index in [2.05, 4.69) is 15.5 Å². The predicted octanol–water partition coefficient (Wildman–Crippen LogP) is 3.46. The number of nitrogens with one attached hydrogen (secondary N) is 1. The third kappa shape index (κ3) is 5.97. The third-order valence-corrected chi connectivity index (χ3v) is 7.09. The van der Waals surface area contributed by atoms with Crippen LogP contribution in [0.5, 0.6) is 11.5 Å². The summed E-state index contributed by atoms with van der Waals surface area (Å²) >= 11 is 12.2. The summed E-state index contributed by atoms with van der Waals surface area (Å²) in [6.07, 6.45) is 0. The molecule has 0 fully saturated rings. The molecule has 4 rings (SSSR count). The summed E-state index contributed by atoms with van der Waals surface area (Å²) in [5, 5.41) is 25.4. The Morgan fingerprint density at radius 1 is 1.00 bits per heavy atom. The SMILES string of the molecule is COc1c(Cl)cccc1NC(=O)c1cc2ccccc2c(N=Nc2c(S(=O)(=O)O)ccc(Cl)c2C)c1[O-].[Na+]. The molecule has 0 unspecified atom stereocenters. The van der Waals surface area contributed by atoms with E-state index in [1.807, 2.05) is 0 Å². The fourth-order valence-corrected chi connectivity index (χ4v) is 4.75. The van der Waals surface area contributed by atoms with E-state index in [0.717, 1.165) is 6.07 Å². The number of hydrogen-bond acceptors (Lipinski definition) is 7. The summed E-state index contributed by atoms with van der Waals surface area (Å²) in [5.41, 5.74) is -0.214. The Labute approximate surface area is 250 Å². The molecule has 4 aromatic rings. The number of ether oxygens (including phenoxy) is 1. The number of benzene rings is 4. The molecule has 0 aliphatic rings. The third-order valence-electron chi connectivity index (χ3n) is 5.50. The van der Waals surface area contributed by atoms with Crippen LogP contribution in [0.25, 0.3) is 10.8 Å². The molecule has 0 spiro atoms. The van der Waals surface area contributed by atoms with Crippen LogP contribution in [-0.4, -0.2) is 26.0 Å². The molecule has 0 radical (unpaired) electrons. The van der Waals surface area contributed by atoms with Crippen molar-refractivity contribution in [1.82, 2.24) is 0 Å². The van der Waals surface area contributed by atoms with Crippen LogP contribution in [0.3, 0.4) is 0 Å². The van der Waals surface area contributed by atoms with Gasteiger partial charge in [0, 0.05) is 16.0 Å². The Balaban J connectivity index is 0.00000400. The molecule has 1 amide bonds. The quantitative estimate of drug-likeness (QED) is 0.203. The monoisotopic (exact) mass is 581 g/mol. The summed E-state index contributed by atoms with van der Waals surface area (Å²) in [5.74, 6) is -1.28. The molecule has 0 aliphatic carbocycles. The summed E-state index contributed by atoms with van der Waals surface area (Å²) in [6, 6.07) is 15.2. The molecule has 13 heteroatoms. The molecule has 0 bridgehead atoms. The molecule has 9 nitrogen and oxygen atoms in total. The Kier molecular flexibility index (Phi) is 9.43. The second-order valence-electron chi connectivity index (χ2n) is 7.79. The summed E-state index contributed by atoms with van der Waals surface area (Å²) in [7, 11) is -3.28. The minimum atomic E-state index is -4.67. The predicted molar refractivity (Wildman–Crippen MR) is 140 cm³/mol. The van der Waals surface area contributed by atoms with Crippen molar-refractivity contribution < 1.29 is 57.2 Å². The number of anilines is 1. The summed E-state index contributed by atoms with van der Waals surface area (Å²) < 4.78 is 38.6. The van der Waals surface area contributed by atoms with Gasteiger partial charge < -0.3 is 15.2 Å². The fraction of sp³-hybridized carbons (Fsp3) is 0.0800. The smallest absolute Gasteiger partial charge is 0.870 e. The van der Waals surface area contributed by atoms with Crippen molar-refractivity contribution in [3.8, 4) is 11.5 Å². The number of rotatable bonds is 6. The number of amides is 1. The second kappa shape index (κ2) is 12.0. The number of methoxy groups -OCH3 is 1. The maximum Gasteiger partial charge on any atom is 1.00 e. The van der Waals surface area contributed by atoms with Crippen molar-refractivity contribution in [1.29, 1.82) is 0 Å². The zero-order valence-electron chi connectivity index (χ0n) is 20.3. The van der Waals surface area contributed by atoms with Gasteiger partial charge >= 0.3 is 29.6 Å². The Morgan fingerprint density at radius 2 is 1.68 bits per heavy atom. The van der Waals surface area contributed by atoms with Crippen LogP contribution in [0.1, 0.15) is 15.9 Å². The van der Waals surface area contributed by atoms with E-state index in [9.17, 15) is 22.9 Å². The molecule has 2 N–H and O–H groups in total. The van der Waals surface area contributed by atoms with Crippen LogP contribution in [0.4, 0.5) is 17.1 Å². The molecule has 38 heavy (non-hydrogen) atoms. The van der Waals surface area contributed by atoms with Crippen LogP contribution in [0.2, 0.25) is 10.0 Å². The molecule has 0 heterocycles. The molecule has 4 aromatic carbocycles. The number of carbonyl (C=O) groups is 1. The van der Waals surface area contributed by atoms with Gasteiger partial charge in [0.05, 0.1) is 23.5 Å².